The lowest BCUT2D eigenvalue weighted by molar-refractivity contribution is -0.118. The molecule has 0 heterocycles. The molecule has 0 aromatic heterocycles. The summed E-state index contributed by atoms with van der Waals surface area (Å²) in [6.45, 7) is 0.843. The van der Waals surface area contributed by atoms with Crippen LogP contribution in [0.5, 0.6) is 0 Å². The fraction of sp³-hybridized carbons (Fsp3) is 0.333. The standard InChI is InChI=1S/C21H27B2F2N3O6S/c24-16-12-14(22(31)32)3-5-18(16)27-20(29)2-1-8-26-9-7-21(30)28(10-11-35)19-6-4-15(23(33)34)13-17(19)25/h3-6,12-13,26,31-35H,1-2,7-11H2,(H,27,29). The first-order chi connectivity index (χ1) is 16.6. The van der Waals surface area contributed by atoms with Crippen molar-refractivity contribution in [1.82, 2.24) is 5.32 Å². The number of nitrogens with zero attached hydrogens (tertiary/aromatic N) is 1. The van der Waals surface area contributed by atoms with Crippen molar-refractivity contribution in [3.63, 3.8) is 0 Å². The Hall–Kier alpha value is -2.48. The van der Waals surface area contributed by atoms with Crippen LogP contribution in [0.3, 0.4) is 0 Å². The number of hydrogen-bond donors (Lipinski definition) is 7. The number of hydrogen-bond acceptors (Lipinski definition) is 8. The van der Waals surface area contributed by atoms with Crippen molar-refractivity contribution >= 4 is 61.0 Å². The van der Waals surface area contributed by atoms with Crippen LogP contribution in [-0.4, -0.2) is 71.5 Å². The van der Waals surface area contributed by atoms with E-state index in [4.69, 9.17) is 20.1 Å². The van der Waals surface area contributed by atoms with Crippen LogP contribution in [0.4, 0.5) is 20.2 Å². The van der Waals surface area contributed by atoms with Gasteiger partial charge in [0.15, 0.2) is 0 Å². The van der Waals surface area contributed by atoms with E-state index >= 15 is 0 Å². The van der Waals surface area contributed by atoms with Crippen LogP contribution in [0.25, 0.3) is 0 Å². The van der Waals surface area contributed by atoms with Crippen molar-refractivity contribution in [2.24, 2.45) is 0 Å². The maximum absolute atomic E-state index is 14.4. The van der Waals surface area contributed by atoms with E-state index in [1.165, 1.54) is 29.2 Å². The van der Waals surface area contributed by atoms with Crippen LogP contribution < -0.4 is 26.5 Å². The molecule has 2 aromatic rings. The molecule has 0 fully saturated rings. The van der Waals surface area contributed by atoms with Crippen molar-refractivity contribution < 1.29 is 38.5 Å². The van der Waals surface area contributed by atoms with Crippen LogP contribution in [-0.2, 0) is 9.59 Å². The molecule has 0 aliphatic rings. The van der Waals surface area contributed by atoms with Gasteiger partial charge in [-0.25, -0.2) is 8.78 Å². The number of carbonyl (C=O) groups is 2. The van der Waals surface area contributed by atoms with Gasteiger partial charge in [-0.3, -0.25) is 9.59 Å². The first-order valence-corrected chi connectivity index (χ1v) is 11.5. The van der Waals surface area contributed by atoms with Gasteiger partial charge in [0, 0.05) is 31.7 Å². The molecule has 2 aromatic carbocycles. The van der Waals surface area contributed by atoms with Crippen LogP contribution >= 0.6 is 12.6 Å². The average Bonchev–Trinajstić information content (AvgIpc) is 2.80. The van der Waals surface area contributed by atoms with Gasteiger partial charge in [0.2, 0.25) is 11.8 Å². The zero-order chi connectivity index (χ0) is 26.0. The monoisotopic (exact) mass is 509 g/mol. The third-order valence-electron chi connectivity index (χ3n) is 5.02. The fourth-order valence-corrected chi connectivity index (χ4v) is 3.42. The Balaban J connectivity index is 1.76. The highest BCUT2D eigenvalue weighted by Gasteiger charge is 2.21. The van der Waals surface area contributed by atoms with Gasteiger partial charge in [-0.1, -0.05) is 12.1 Å². The Morgan fingerprint density at radius 2 is 1.54 bits per heavy atom. The Morgan fingerprint density at radius 3 is 2.11 bits per heavy atom. The van der Waals surface area contributed by atoms with Gasteiger partial charge in [-0.05, 0) is 48.2 Å². The number of halogens is 2. The Bertz CT molecular complexity index is 1020. The smallest absolute Gasteiger partial charge is 0.423 e. The molecule has 0 aliphatic carbocycles. The second-order valence-electron chi connectivity index (χ2n) is 7.62. The summed E-state index contributed by atoms with van der Waals surface area (Å²) in [5.74, 6) is -2.03. The van der Waals surface area contributed by atoms with Gasteiger partial charge >= 0.3 is 14.2 Å². The highest BCUT2D eigenvalue weighted by Crippen LogP contribution is 2.19. The zero-order valence-electron chi connectivity index (χ0n) is 18.8. The Kier molecular flexibility index (Phi) is 11.6. The number of carbonyl (C=O) groups excluding carboxylic acids is 2. The highest BCUT2D eigenvalue weighted by molar-refractivity contribution is 7.80. The minimum absolute atomic E-state index is 0.0129. The first kappa shape index (κ1) is 28.8. The van der Waals surface area contributed by atoms with E-state index in [1.807, 2.05) is 0 Å². The predicted octanol–water partition coefficient (Wildman–Crippen LogP) is -1.01. The van der Waals surface area contributed by atoms with E-state index in [2.05, 4.69) is 23.3 Å². The second-order valence-corrected chi connectivity index (χ2v) is 8.07. The molecule has 0 saturated carbocycles. The largest absolute Gasteiger partial charge is 0.488 e. The van der Waals surface area contributed by atoms with Crippen LogP contribution in [0.2, 0.25) is 0 Å². The maximum atomic E-state index is 14.4. The molecule has 0 atom stereocenters. The van der Waals surface area contributed by atoms with Crippen LogP contribution in [0, 0.1) is 11.6 Å². The molecule has 14 heteroatoms. The molecule has 2 amide bonds. The number of anilines is 2. The minimum Gasteiger partial charge on any atom is -0.423 e. The molecular weight excluding hydrogens is 482 g/mol. The molecule has 6 N–H and O–H groups in total. The summed E-state index contributed by atoms with van der Waals surface area (Å²) >= 11 is 4.11. The normalized spacial score (nSPS) is 10.7. The number of amides is 2. The van der Waals surface area contributed by atoms with E-state index in [-0.39, 0.29) is 54.1 Å². The Morgan fingerprint density at radius 1 is 0.914 bits per heavy atom. The minimum atomic E-state index is -1.82. The van der Waals surface area contributed by atoms with Crippen molar-refractivity contribution in [1.29, 1.82) is 0 Å². The molecule has 0 aliphatic heterocycles. The van der Waals surface area contributed by atoms with Gasteiger partial charge in [-0.2, -0.15) is 12.6 Å². The van der Waals surface area contributed by atoms with E-state index in [1.54, 1.807) is 0 Å². The molecule has 9 nitrogen and oxygen atoms in total. The summed E-state index contributed by atoms with van der Waals surface area (Å²) in [6, 6.07) is 7.03. The molecule has 0 saturated heterocycles. The molecule has 0 unspecified atom stereocenters. The average molecular weight is 509 g/mol. The second kappa shape index (κ2) is 14.2. The third-order valence-corrected chi connectivity index (χ3v) is 5.22. The molecular formula is C21H27B2F2N3O6S. The first-order valence-electron chi connectivity index (χ1n) is 10.9. The molecule has 35 heavy (non-hydrogen) atoms. The summed E-state index contributed by atoms with van der Waals surface area (Å²) in [6.07, 6.45) is 0.553. The maximum Gasteiger partial charge on any atom is 0.488 e. The fourth-order valence-electron chi connectivity index (χ4n) is 3.22. The summed E-state index contributed by atoms with van der Waals surface area (Å²) in [7, 11) is -3.63. The van der Waals surface area contributed by atoms with Crippen molar-refractivity contribution in [3.05, 3.63) is 48.0 Å². The lowest BCUT2D eigenvalue weighted by atomic mass is 9.80. The van der Waals surface area contributed by atoms with Gasteiger partial charge < -0.3 is 35.6 Å². The third kappa shape index (κ3) is 8.91. The molecule has 2 rings (SSSR count). The SMILES string of the molecule is O=C(CCCNCCC(=O)N(CCS)c1ccc(B(O)O)cc1F)Nc1ccc(B(O)O)cc1F. The van der Waals surface area contributed by atoms with Gasteiger partial charge in [-0.15, -0.1) is 0 Å². The summed E-state index contributed by atoms with van der Waals surface area (Å²) < 4.78 is 28.3. The van der Waals surface area contributed by atoms with E-state index in [0.29, 0.717) is 18.7 Å². The van der Waals surface area contributed by atoms with E-state index in [0.717, 1.165) is 12.1 Å². The lowest BCUT2D eigenvalue weighted by Crippen LogP contribution is -2.36. The van der Waals surface area contributed by atoms with Gasteiger partial charge in [0.1, 0.15) is 11.6 Å². The molecule has 0 spiro atoms. The van der Waals surface area contributed by atoms with Crippen LogP contribution in [0.1, 0.15) is 19.3 Å². The predicted molar refractivity (Wildman–Crippen MR) is 134 cm³/mol. The quantitative estimate of drug-likeness (QED) is 0.104. The zero-order valence-corrected chi connectivity index (χ0v) is 19.7. The lowest BCUT2D eigenvalue weighted by Gasteiger charge is -2.23. The number of benzene rings is 2. The van der Waals surface area contributed by atoms with E-state index < -0.39 is 31.8 Å². The molecule has 0 radical (unpaired) electrons. The van der Waals surface area contributed by atoms with Crippen molar-refractivity contribution in [2.75, 3.05) is 35.6 Å². The van der Waals surface area contributed by atoms with Crippen molar-refractivity contribution in [2.45, 2.75) is 19.3 Å². The number of thiol groups is 1. The van der Waals surface area contributed by atoms with Crippen LogP contribution in [0.15, 0.2) is 36.4 Å². The molecule has 0 bridgehead atoms. The topological polar surface area (TPSA) is 142 Å². The Labute approximate surface area is 207 Å². The molecule has 188 valence electrons. The number of rotatable bonds is 13. The highest BCUT2D eigenvalue weighted by atomic mass is 32.1. The van der Waals surface area contributed by atoms with Crippen molar-refractivity contribution in [3.8, 4) is 0 Å². The summed E-state index contributed by atoms with van der Waals surface area (Å²) in [4.78, 5) is 25.8. The number of nitrogens with one attached hydrogen (secondary N) is 2. The van der Waals surface area contributed by atoms with Gasteiger partial charge in [0.05, 0.1) is 11.4 Å². The summed E-state index contributed by atoms with van der Waals surface area (Å²) in [5, 5.41) is 41.8. The summed E-state index contributed by atoms with van der Waals surface area (Å²) in [5.41, 5.74) is -0.121. The van der Waals surface area contributed by atoms with E-state index in [9.17, 15) is 18.4 Å². The van der Waals surface area contributed by atoms with Gasteiger partial charge in [0.25, 0.3) is 0 Å².